The Morgan fingerprint density at radius 2 is 1.95 bits per heavy atom. The Morgan fingerprint density at radius 1 is 1.24 bits per heavy atom. The van der Waals surface area contributed by atoms with Crippen LogP contribution in [0, 0.1) is 0 Å². The van der Waals surface area contributed by atoms with Gasteiger partial charge in [-0.2, -0.15) is 5.10 Å². The van der Waals surface area contributed by atoms with Crippen LogP contribution < -0.4 is 5.32 Å². The molecule has 1 N–H and O–H groups in total. The highest BCUT2D eigenvalue weighted by molar-refractivity contribution is 5.27. The van der Waals surface area contributed by atoms with Crippen LogP contribution >= 0.6 is 0 Å². The van der Waals surface area contributed by atoms with E-state index in [2.05, 4.69) is 66.5 Å². The maximum Gasteiger partial charge on any atom is 0.138 e. The molecule has 4 heteroatoms. The van der Waals surface area contributed by atoms with Crippen molar-refractivity contribution in [2.45, 2.75) is 45.1 Å². The first-order chi connectivity index (χ1) is 10.1. The van der Waals surface area contributed by atoms with Gasteiger partial charge in [-0.25, -0.2) is 9.67 Å². The van der Waals surface area contributed by atoms with Crippen LogP contribution in [0.1, 0.15) is 44.6 Å². The van der Waals surface area contributed by atoms with Crippen molar-refractivity contribution in [1.29, 1.82) is 0 Å². The van der Waals surface area contributed by atoms with Crippen LogP contribution in [0.3, 0.4) is 0 Å². The largest absolute Gasteiger partial charge is 0.319 e. The van der Waals surface area contributed by atoms with Crippen molar-refractivity contribution in [1.82, 2.24) is 20.1 Å². The molecule has 2 aromatic rings. The van der Waals surface area contributed by atoms with Crippen LogP contribution in [-0.4, -0.2) is 28.4 Å². The maximum absolute atomic E-state index is 4.50. The molecule has 1 aromatic carbocycles. The van der Waals surface area contributed by atoms with E-state index in [4.69, 9.17) is 0 Å². The molecule has 1 atom stereocenters. The Kier molecular flexibility index (Phi) is 5.12. The number of nitrogens with one attached hydrogen (secondary N) is 1. The second-order valence-electron chi connectivity index (χ2n) is 5.92. The number of hydrogen-bond acceptors (Lipinski definition) is 3. The first kappa shape index (κ1) is 15.7. The summed E-state index contributed by atoms with van der Waals surface area (Å²) in [6, 6.07) is 11.1. The summed E-state index contributed by atoms with van der Waals surface area (Å²) in [4.78, 5) is 4.50. The lowest BCUT2D eigenvalue weighted by atomic mass is 9.75. The minimum absolute atomic E-state index is 0.0513. The summed E-state index contributed by atoms with van der Waals surface area (Å²) < 4.78 is 2.03. The molecule has 0 saturated heterocycles. The fraction of sp³-hybridized carbons (Fsp3) is 0.529. The SMILES string of the molecule is CCC(CNC)(Cc1ncnn1C(C)C)c1ccccc1. The van der Waals surface area contributed by atoms with Gasteiger partial charge in [0.1, 0.15) is 12.2 Å². The van der Waals surface area contributed by atoms with E-state index in [1.54, 1.807) is 6.33 Å². The van der Waals surface area contributed by atoms with Crippen molar-refractivity contribution in [3.8, 4) is 0 Å². The summed E-state index contributed by atoms with van der Waals surface area (Å²) in [6.07, 6.45) is 3.62. The molecule has 21 heavy (non-hydrogen) atoms. The highest BCUT2D eigenvalue weighted by Crippen LogP contribution is 2.31. The summed E-state index contributed by atoms with van der Waals surface area (Å²) in [5.74, 6) is 1.06. The fourth-order valence-corrected chi connectivity index (χ4v) is 2.99. The fourth-order valence-electron chi connectivity index (χ4n) is 2.99. The first-order valence-corrected chi connectivity index (χ1v) is 7.71. The zero-order valence-electron chi connectivity index (χ0n) is 13.5. The lowest BCUT2D eigenvalue weighted by Gasteiger charge is -2.33. The van der Waals surface area contributed by atoms with Crippen LogP contribution in [-0.2, 0) is 11.8 Å². The minimum atomic E-state index is 0.0513. The van der Waals surface area contributed by atoms with Crippen LogP contribution in [0.25, 0.3) is 0 Å². The van der Waals surface area contributed by atoms with Crippen molar-refractivity contribution in [3.05, 3.63) is 48.0 Å². The van der Waals surface area contributed by atoms with Gasteiger partial charge in [-0.05, 0) is 32.9 Å². The molecule has 0 aliphatic carbocycles. The number of rotatable bonds is 7. The van der Waals surface area contributed by atoms with Gasteiger partial charge in [-0.3, -0.25) is 0 Å². The Balaban J connectivity index is 2.39. The lowest BCUT2D eigenvalue weighted by molar-refractivity contribution is 0.366. The smallest absolute Gasteiger partial charge is 0.138 e. The maximum atomic E-state index is 4.50. The van der Waals surface area contributed by atoms with Gasteiger partial charge in [-0.15, -0.1) is 0 Å². The molecule has 0 spiro atoms. The second-order valence-corrected chi connectivity index (χ2v) is 5.92. The van der Waals surface area contributed by atoms with Crippen molar-refractivity contribution >= 4 is 0 Å². The lowest BCUT2D eigenvalue weighted by Crippen LogP contribution is -2.39. The average Bonchev–Trinajstić information content (AvgIpc) is 2.96. The number of benzene rings is 1. The standard InChI is InChI=1S/C17H26N4/c1-5-17(12-18-4,15-9-7-6-8-10-15)11-16-19-13-20-21(16)14(2)3/h6-10,13-14,18H,5,11-12H2,1-4H3. The van der Waals surface area contributed by atoms with Crippen LogP contribution in [0.5, 0.6) is 0 Å². The molecule has 0 radical (unpaired) electrons. The van der Waals surface area contributed by atoms with Gasteiger partial charge in [0.05, 0.1) is 0 Å². The summed E-state index contributed by atoms with van der Waals surface area (Å²) in [6.45, 7) is 7.47. The molecular weight excluding hydrogens is 260 g/mol. The van der Waals surface area contributed by atoms with Gasteiger partial charge < -0.3 is 5.32 Å². The first-order valence-electron chi connectivity index (χ1n) is 7.71. The van der Waals surface area contributed by atoms with E-state index in [9.17, 15) is 0 Å². The Morgan fingerprint density at radius 3 is 2.52 bits per heavy atom. The van der Waals surface area contributed by atoms with Crippen molar-refractivity contribution in [2.75, 3.05) is 13.6 Å². The molecule has 0 amide bonds. The molecule has 0 fully saturated rings. The predicted octanol–water partition coefficient (Wildman–Crippen LogP) is 2.97. The quantitative estimate of drug-likeness (QED) is 0.851. The summed E-state index contributed by atoms with van der Waals surface area (Å²) in [5, 5.41) is 7.73. The normalized spacial score (nSPS) is 14.3. The second kappa shape index (κ2) is 6.85. The van der Waals surface area contributed by atoms with Gasteiger partial charge in [0.2, 0.25) is 0 Å². The Hall–Kier alpha value is -1.68. The molecule has 1 unspecified atom stereocenters. The number of likely N-dealkylation sites (N-methyl/N-ethyl adjacent to an activating group) is 1. The number of hydrogen-bond donors (Lipinski definition) is 1. The topological polar surface area (TPSA) is 42.7 Å². The average molecular weight is 286 g/mol. The third kappa shape index (κ3) is 3.32. The molecule has 1 heterocycles. The van der Waals surface area contributed by atoms with E-state index in [1.165, 1.54) is 5.56 Å². The number of aromatic nitrogens is 3. The third-order valence-corrected chi connectivity index (χ3v) is 4.21. The van der Waals surface area contributed by atoms with Crippen molar-refractivity contribution in [2.24, 2.45) is 0 Å². The van der Waals surface area contributed by atoms with Gasteiger partial charge in [0, 0.05) is 24.4 Å². The molecule has 2 rings (SSSR count). The van der Waals surface area contributed by atoms with E-state index < -0.39 is 0 Å². The van der Waals surface area contributed by atoms with Crippen LogP contribution in [0.4, 0.5) is 0 Å². The Labute approximate surface area is 127 Å². The highest BCUT2D eigenvalue weighted by Gasteiger charge is 2.32. The van der Waals surface area contributed by atoms with E-state index >= 15 is 0 Å². The molecular formula is C17H26N4. The molecule has 0 aliphatic rings. The summed E-state index contributed by atoms with van der Waals surface area (Å²) in [5.41, 5.74) is 1.41. The van der Waals surface area contributed by atoms with Crippen molar-refractivity contribution in [3.63, 3.8) is 0 Å². The Bertz CT molecular complexity index is 547. The van der Waals surface area contributed by atoms with E-state index in [1.807, 2.05) is 11.7 Å². The summed E-state index contributed by atoms with van der Waals surface area (Å²) in [7, 11) is 2.01. The number of nitrogens with zero attached hydrogens (tertiary/aromatic N) is 3. The highest BCUT2D eigenvalue weighted by atomic mass is 15.3. The monoisotopic (exact) mass is 286 g/mol. The molecule has 0 bridgehead atoms. The van der Waals surface area contributed by atoms with Gasteiger partial charge in [0.15, 0.2) is 0 Å². The minimum Gasteiger partial charge on any atom is -0.319 e. The van der Waals surface area contributed by atoms with E-state index in [-0.39, 0.29) is 5.41 Å². The zero-order chi connectivity index (χ0) is 15.3. The molecule has 0 aliphatic heterocycles. The van der Waals surface area contributed by atoms with Crippen LogP contribution in [0.15, 0.2) is 36.7 Å². The van der Waals surface area contributed by atoms with Gasteiger partial charge >= 0.3 is 0 Å². The van der Waals surface area contributed by atoms with E-state index in [0.717, 1.165) is 25.2 Å². The van der Waals surface area contributed by atoms with Crippen LogP contribution in [0.2, 0.25) is 0 Å². The van der Waals surface area contributed by atoms with Gasteiger partial charge in [0.25, 0.3) is 0 Å². The molecule has 114 valence electrons. The molecule has 1 aromatic heterocycles. The molecule has 4 nitrogen and oxygen atoms in total. The predicted molar refractivity (Wildman–Crippen MR) is 86.4 cm³/mol. The van der Waals surface area contributed by atoms with E-state index in [0.29, 0.717) is 6.04 Å². The zero-order valence-corrected chi connectivity index (χ0v) is 13.5. The van der Waals surface area contributed by atoms with Gasteiger partial charge in [-0.1, -0.05) is 37.3 Å². The molecule has 0 saturated carbocycles. The summed E-state index contributed by atoms with van der Waals surface area (Å²) >= 11 is 0. The van der Waals surface area contributed by atoms with Crippen molar-refractivity contribution < 1.29 is 0 Å². The third-order valence-electron chi connectivity index (χ3n) is 4.21.